The third-order valence-corrected chi connectivity index (χ3v) is 4.93. The van der Waals surface area contributed by atoms with Gasteiger partial charge in [0.05, 0.1) is 19.8 Å². The first-order valence-corrected chi connectivity index (χ1v) is 9.05. The maximum atomic E-state index is 12.7. The number of ether oxygens (including phenoxy) is 2. The van der Waals surface area contributed by atoms with Gasteiger partial charge in [-0.3, -0.25) is 14.6 Å². The van der Waals surface area contributed by atoms with Crippen molar-refractivity contribution in [2.24, 2.45) is 5.92 Å². The summed E-state index contributed by atoms with van der Waals surface area (Å²) in [5, 5.41) is 0. The normalized spacial score (nSPS) is 14.4. The van der Waals surface area contributed by atoms with E-state index in [2.05, 4.69) is 9.72 Å². The van der Waals surface area contributed by atoms with Gasteiger partial charge in [0.1, 0.15) is 11.4 Å². The molecule has 7 nitrogen and oxygen atoms in total. The number of carbonyl (C=O) groups excluding carboxylic acids is 3. The second-order valence-electron chi connectivity index (χ2n) is 6.58. The molecular weight excluding hydrogens is 360 g/mol. The van der Waals surface area contributed by atoms with Crippen LogP contribution >= 0.6 is 0 Å². The van der Waals surface area contributed by atoms with Crippen molar-refractivity contribution in [3.63, 3.8) is 0 Å². The van der Waals surface area contributed by atoms with Gasteiger partial charge in [-0.2, -0.15) is 0 Å². The van der Waals surface area contributed by atoms with Gasteiger partial charge < -0.3 is 14.4 Å². The Labute approximate surface area is 163 Å². The van der Waals surface area contributed by atoms with Crippen LogP contribution < -0.4 is 4.74 Å². The van der Waals surface area contributed by atoms with Crippen LogP contribution in [0.3, 0.4) is 0 Å². The molecule has 3 rings (SSSR count). The second kappa shape index (κ2) is 8.65. The summed E-state index contributed by atoms with van der Waals surface area (Å²) in [6.07, 6.45) is 2.55. The van der Waals surface area contributed by atoms with Crippen LogP contribution in [0.25, 0.3) is 0 Å². The number of carbonyl (C=O) groups is 3. The zero-order valence-corrected chi connectivity index (χ0v) is 15.9. The lowest BCUT2D eigenvalue weighted by Crippen LogP contribution is -2.40. The van der Waals surface area contributed by atoms with Crippen molar-refractivity contribution in [1.82, 2.24) is 9.88 Å². The molecule has 28 heavy (non-hydrogen) atoms. The SMILES string of the molecule is COC(=O)c1ccc(C(=O)N2CCC(C(=O)c3ccc(OC)cc3)CC2)nc1. The Morgan fingerprint density at radius 1 is 0.964 bits per heavy atom. The lowest BCUT2D eigenvalue weighted by Gasteiger charge is -2.31. The first kappa shape index (κ1) is 19.5. The van der Waals surface area contributed by atoms with E-state index < -0.39 is 5.97 Å². The molecule has 1 aromatic carbocycles. The lowest BCUT2D eigenvalue weighted by atomic mass is 9.88. The maximum absolute atomic E-state index is 12.7. The summed E-state index contributed by atoms with van der Waals surface area (Å²) in [6.45, 7) is 0.984. The van der Waals surface area contributed by atoms with Gasteiger partial charge >= 0.3 is 5.97 Å². The summed E-state index contributed by atoms with van der Waals surface area (Å²) in [6, 6.07) is 10.1. The Morgan fingerprint density at radius 3 is 2.14 bits per heavy atom. The lowest BCUT2D eigenvalue weighted by molar-refractivity contribution is 0.0598. The third-order valence-electron chi connectivity index (χ3n) is 4.93. The minimum absolute atomic E-state index is 0.0929. The van der Waals surface area contributed by atoms with Gasteiger partial charge in [0.2, 0.25) is 0 Å². The molecule has 1 saturated heterocycles. The van der Waals surface area contributed by atoms with Crippen LogP contribution in [-0.2, 0) is 4.74 Å². The van der Waals surface area contributed by atoms with Gasteiger partial charge in [-0.15, -0.1) is 0 Å². The number of hydrogen-bond acceptors (Lipinski definition) is 6. The molecule has 0 unspecified atom stereocenters. The van der Waals surface area contributed by atoms with Gasteiger partial charge in [0.25, 0.3) is 5.91 Å². The van der Waals surface area contributed by atoms with E-state index in [1.807, 2.05) is 0 Å². The molecule has 0 radical (unpaired) electrons. The highest BCUT2D eigenvalue weighted by molar-refractivity contribution is 5.98. The van der Waals surface area contributed by atoms with Crippen molar-refractivity contribution >= 4 is 17.7 Å². The number of benzene rings is 1. The number of methoxy groups -OCH3 is 2. The first-order chi connectivity index (χ1) is 13.5. The minimum atomic E-state index is -0.496. The minimum Gasteiger partial charge on any atom is -0.497 e. The predicted octanol–water partition coefficient (Wildman–Crippen LogP) is 2.61. The zero-order valence-electron chi connectivity index (χ0n) is 15.9. The highest BCUT2D eigenvalue weighted by Crippen LogP contribution is 2.24. The molecule has 1 aliphatic heterocycles. The molecule has 0 aliphatic carbocycles. The molecule has 1 amide bonds. The Morgan fingerprint density at radius 2 is 1.61 bits per heavy atom. The van der Waals surface area contributed by atoms with Crippen LogP contribution in [0, 0.1) is 5.92 Å². The van der Waals surface area contributed by atoms with Crippen molar-refractivity contribution in [2.75, 3.05) is 27.3 Å². The van der Waals surface area contributed by atoms with E-state index in [4.69, 9.17) is 4.74 Å². The maximum Gasteiger partial charge on any atom is 0.339 e. The number of amides is 1. The van der Waals surface area contributed by atoms with Crippen molar-refractivity contribution < 1.29 is 23.9 Å². The Kier molecular flexibility index (Phi) is 6.03. The van der Waals surface area contributed by atoms with E-state index >= 15 is 0 Å². The number of piperidine rings is 1. The van der Waals surface area contributed by atoms with E-state index in [1.165, 1.54) is 25.4 Å². The van der Waals surface area contributed by atoms with Crippen LogP contribution in [0.2, 0.25) is 0 Å². The van der Waals surface area contributed by atoms with Crippen molar-refractivity contribution in [3.05, 3.63) is 59.4 Å². The number of rotatable bonds is 5. The predicted molar refractivity (Wildman–Crippen MR) is 102 cm³/mol. The summed E-state index contributed by atoms with van der Waals surface area (Å²) in [5.41, 5.74) is 1.22. The number of nitrogens with zero attached hydrogens (tertiary/aromatic N) is 2. The number of likely N-dealkylation sites (tertiary alicyclic amines) is 1. The molecule has 2 heterocycles. The molecule has 1 aromatic heterocycles. The van der Waals surface area contributed by atoms with E-state index in [9.17, 15) is 14.4 Å². The van der Waals surface area contributed by atoms with Crippen molar-refractivity contribution in [2.45, 2.75) is 12.8 Å². The third kappa shape index (κ3) is 4.19. The number of aromatic nitrogens is 1. The average molecular weight is 382 g/mol. The number of hydrogen-bond donors (Lipinski definition) is 0. The zero-order chi connectivity index (χ0) is 20.1. The fraction of sp³-hybridized carbons (Fsp3) is 0.333. The summed E-state index contributed by atoms with van der Waals surface area (Å²) < 4.78 is 9.74. The number of ketones is 1. The van der Waals surface area contributed by atoms with Crippen LogP contribution in [0.1, 0.15) is 44.0 Å². The molecule has 1 aliphatic rings. The first-order valence-electron chi connectivity index (χ1n) is 9.05. The van der Waals surface area contributed by atoms with Crippen LogP contribution in [-0.4, -0.2) is 54.9 Å². The molecule has 0 bridgehead atoms. The van der Waals surface area contributed by atoms with Gasteiger partial charge in [0.15, 0.2) is 5.78 Å². The topological polar surface area (TPSA) is 85.8 Å². The van der Waals surface area contributed by atoms with Crippen LogP contribution in [0.5, 0.6) is 5.75 Å². The standard InChI is InChI=1S/C21H22N2O5/c1-27-17-6-3-14(4-7-17)19(24)15-9-11-23(12-10-15)20(25)18-8-5-16(13-22-18)21(26)28-2/h3-8,13,15H,9-12H2,1-2H3. The molecule has 0 N–H and O–H groups in total. The fourth-order valence-electron chi connectivity index (χ4n) is 3.26. The molecular formula is C21H22N2O5. The average Bonchev–Trinajstić information content (AvgIpc) is 2.78. The second-order valence-corrected chi connectivity index (χ2v) is 6.58. The quantitative estimate of drug-likeness (QED) is 0.584. The van der Waals surface area contributed by atoms with Gasteiger partial charge in [-0.05, 0) is 49.2 Å². The molecule has 0 saturated carbocycles. The Hall–Kier alpha value is -3.22. The Balaban J connectivity index is 1.59. The summed E-state index contributed by atoms with van der Waals surface area (Å²) >= 11 is 0. The van der Waals surface area contributed by atoms with Gasteiger partial charge in [0, 0.05) is 30.8 Å². The van der Waals surface area contributed by atoms with E-state index in [-0.39, 0.29) is 23.3 Å². The van der Waals surface area contributed by atoms with E-state index in [1.54, 1.807) is 36.3 Å². The fourth-order valence-corrected chi connectivity index (χ4v) is 3.26. The number of pyridine rings is 1. The van der Waals surface area contributed by atoms with E-state index in [0.29, 0.717) is 42.8 Å². The molecule has 0 spiro atoms. The van der Waals surface area contributed by atoms with Gasteiger partial charge in [-0.25, -0.2) is 4.79 Å². The monoisotopic (exact) mass is 382 g/mol. The van der Waals surface area contributed by atoms with Crippen molar-refractivity contribution in [1.29, 1.82) is 0 Å². The highest BCUT2D eigenvalue weighted by atomic mass is 16.5. The van der Waals surface area contributed by atoms with Crippen molar-refractivity contribution in [3.8, 4) is 5.75 Å². The molecule has 1 fully saturated rings. The highest BCUT2D eigenvalue weighted by Gasteiger charge is 2.29. The van der Waals surface area contributed by atoms with Crippen LogP contribution in [0.15, 0.2) is 42.6 Å². The van der Waals surface area contributed by atoms with E-state index in [0.717, 1.165) is 0 Å². The number of esters is 1. The van der Waals surface area contributed by atoms with Crippen LogP contribution in [0.4, 0.5) is 0 Å². The molecule has 2 aromatic rings. The molecule has 146 valence electrons. The summed E-state index contributed by atoms with van der Waals surface area (Å²) in [7, 11) is 2.88. The number of Topliss-reactive ketones (excluding diaryl/α,β-unsaturated/α-hetero) is 1. The van der Waals surface area contributed by atoms with Gasteiger partial charge in [-0.1, -0.05) is 0 Å². The summed E-state index contributed by atoms with van der Waals surface area (Å²) in [5.74, 6) is 0.00113. The smallest absolute Gasteiger partial charge is 0.339 e. The molecule has 7 heteroatoms. The Bertz CT molecular complexity index is 853. The molecule has 0 atom stereocenters. The largest absolute Gasteiger partial charge is 0.497 e. The summed E-state index contributed by atoms with van der Waals surface area (Å²) in [4.78, 5) is 42.5.